The van der Waals surface area contributed by atoms with Gasteiger partial charge in [-0.05, 0) is 18.2 Å². The van der Waals surface area contributed by atoms with E-state index in [1.165, 1.54) is 18.2 Å². The number of alkyl halides is 2. The number of hydrogen-bond acceptors (Lipinski definition) is 4. The van der Waals surface area contributed by atoms with Crippen molar-refractivity contribution < 1.29 is 33.0 Å². The maximum Gasteiger partial charge on any atom is 0.326 e. The predicted octanol–water partition coefficient (Wildman–Crippen LogP) is 1.30. The predicted molar refractivity (Wildman–Crippen MR) is 66.9 cm³/mol. The maximum atomic E-state index is 12.3. The van der Waals surface area contributed by atoms with Crippen molar-refractivity contribution in [2.45, 2.75) is 18.9 Å². The summed E-state index contributed by atoms with van der Waals surface area (Å²) in [4.78, 5) is 22.8. The summed E-state index contributed by atoms with van der Waals surface area (Å²) in [5.41, 5.74) is 0.111. The standard InChI is InChI=1S/C13H13F2NO5/c14-11(15)6-8(13(18)19)16-12(17)7-1-2-9-10(5-7)21-4-3-20-9/h1-2,5,8,11H,3-4,6H2,(H,16,17)(H,18,19). The number of hydrogen-bond donors (Lipinski definition) is 2. The molecule has 0 spiro atoms. The van der Waals surface area contributed by atoms with Crippen LogP contribution in [0.25, 0.3) is 0 Å². The lowest BCUT2D eigenvalue weighted by Gasteiger charge is -2.19. The fraction of sp³-hybridized carbons (Fsp3) is 0.385. The van der Waals surface area contributed by atoms with Crippen molar-refractivity contribution >= 4 is 11.9 Å². The summed E-state index contributed by atoms with van der Waals surface area (Å²) in [6.07, 6.45) is -3.78. The van der Waals surface area contributed by atoms with E-state index in [-0.39, 0.29) is 5.56 Å². The first kappa shape index (κ1) is 15.0. The van der Waals surface area contributed by atoms with Gasteiger partial charge < -0.3 is 19.9 Å². The van der Waals surface area contributed by atoms with Crippen LogP contribution in [-0.2, 0) is 4.79 Å². The second-order valence-corrected chi connectivity index (χ2v) is 4.35. The number of aliphatic carboxylic acids is 1. The molecule has 1 aliphatic heterocycles. The molecule has 2 rings (SSSR count). The van der Waals surface area contributed by atoms with Gasteiger partial charge in [0.1, 0.15) is 19.3 Å². The molecule has 0 saturated carbocycles. The molecule has 0 aliphatic carbocycles. The second kappa shape index (κ2) is 6.38. The van der Waals surface area contributed by atoms with Crippen LogP contribution in [0.15, 0.2) is 18.2 Å². The number of ether oxygens (including phenoxy) is 2. The molecule has 1 amide bonds. The lowest BCUT2D eigenvalue weighted by atomic mass is 10.1. The fourth-order valence-electron chi connectivity index (χ4n) is 1.83. The molecule has 1 aliphatic rings. The summed E-state index contributed by atoms with van der Waals surface area (Å²) < 4.78 is 35.1. The number of benzene rings is 1. The Morgan fingerprint density at radius 1 is 1.24 bits per heavy atom. The summed E-state index contributed by atoms with van der Waals surface area (Å²) >= 11 is 0. The fourth-order valence-corrected chi connectivity index (χ4v) is 1.83. The Morgan fingerprint density at radius 2 is 1.90 bits per heavy atom. The highest BCUT2D eigenvalue weighted by Crippen LogP contribution is 2.30. The van der Waals surface area contributed by atoms with Crippen molar-refractivity contribution in [3.63, 3.8) is 0 Å². The molecule has 8 heteroatoms. The van der Waals surface area contributed by atoms with Crippen molar-refractivity contribution in [2.24, 2.45) is 0 Å². The molecule has 21 heavy (non-hydrogen) atoms. The smallest absolute Gasteiger partial charge is 0.326 e. The number of halogens is 2. The zero-order chi connectivity index (χ0) is 15.4. The van der Waals surface area contributed by atoms with E-state index in [0.29, 0.717) is 24.7 Å². The van der Waals surface area contributed by atoms with Gasteiger partial charge in [-0.1, -0.05) is 0 Å². The van der Waals surface area contributed by atoms with Crippen molar-refractivity contribution in [3.8, 4) is 11.5 Å². The van der Waals surface area contributed by atoms with E-state index in [1.54, 1.807) is 0 Å². The Kier molecular flexibility index (Phi) is 4.56. The number of carbonyl (C=O) groups is 2. The number of carbonyl (C=O) groups excluding carboxylic acids is 1. The Balaban J connectivity index is 2.10. The van der Waals surface area contributed by atoms with Crippen LogP contribution in [0.3, 0.4) is 0 Å². The number of fused-ring (bicyclic) bond motifs is 1. The molecule has 1 atom stereocenters. The Hall–Kier alpha value is -2.38. The summed E-state index contributed by atoms with van der Waals surface area (Å²) in [6.45, 7) is 0.731. The molecular formula is C13H13F2NO5. The van der Waals surface area contributed by atoms with Crippen LogP contribution in [0, 0.1) is 0 Å². The van der Waals surface area contributed by atoms with E-state index in [0.717, 1.165) is 0 Å². The lowest BCUT2D eigenvalue weighted by Crippen LogP contribution is -2.42. The largest absolute Gasteiger partial charge is 0.486 e. The summed E-state index contributed by atoms with van der Waals surface area (Å²) in [7, 11) is 0. The molecule has 0 radical (unpaired) electrons. The Labute approximate surface area is 118 Å². The third kappa shape index (κ3) is 3.80. The van der Waals surface area contributed by atoms with E-state index in [4.69, 9.17) is 14.6 Å². The third-order valence-corrected chi connectivity index (χ3v) is 2.82. The highest BCUT2D eigenvalue weighted by atomic mass is 19.3. The molecule has 1 heterocycles. The molecule has 6 nitrogen and oxygen atoms in total. The van der Waals surface area contributed by atoms with Gasteiger partial charge in [-0.2, -0.15) is 0 Å². The van der Waals surface area contributed by atoms with E-state index >= 15 is 0 Å². The molecule has 114 valence electrons. The van der Waals surface area contributed by atoms with E-state index in [2.05, 4.69) is 5.32 Å². The average molecular weight is 301 g/mol. The van der Waals surface area contributed by atoms with Gasteiger partial charge in [-0.25, -0.2) is 13.6 Å². The minimum absolute atomic E-state index is 0.111. The van der Waals surface area contributed by atoms with Crippen molar-refractivity contribution in [1.82, 2.24) is 5.32 Å². The maximum absolute atomic E-state index is 12.3. The molecule has 1 aromatic carbocycles. The molecule has 0 bridgehead atoms. The van der Waals surface area contributed by atoms with E-state index in [9.17, 15) is 18.4 Å². The third-order valence-electron chi connectivity index (χ3n) is 2.82. The van der Waals surface area contributed by atoms with Gasteiger partial charge in [-0.15, -0.1) is 0 Å². The van der Waals surface area contributed by atoms with Gasteiger partial charge in [0.25, 0.3) is 5.91 Å². The minimum atomic E-state index is -2.83. The van der Waals surface area contributed by atoms with Crippen LogP contribution in [-0.4, -0.2) is 42.7 Å². The van der Waals surface area contributed by atoms with Gasteiger partial charge in [-0.3, -0.25) is 4.79 Å². The highest BCUT2D eigenvalue weighted by molar-refractivity contribution is 5.97. The molecule has 0 saturated heterocycles. The molecule has 1 unspecified atom stereocenters. The first-order chi connectivity index (χ1) is 9.97. The SMILES string of the molecule is O=C(NC(CC(F)F)C(=O)O)c1ccc2c(c1)OCCO2. The first-order valence-electron chi connectivity index (χ1n) is 6.19. The van der Waals surface area contributed by atoms with Crippen LogP contribution in [0.2, 0.25) is 0 Å². The number of carboxylic acid groups (broad SMARTS) is 1. The van der Waals surface area contributed by atoms with Crippen LogP contribution < -0.4 is 14.8 Å². The zero-order valence-corrected chi connectivity index (χ0v) is 10.8. The van der Waals surface area contributed by atoms with Crippen LogP contribution in [0.4, 0.5) is 8.78 Å². The average Bonchev–Trinajstić information content (AvgIpc) is 2.45. The van der Waals surface area contributed by atoms with Crippen LogP contribution in [0.5, 0.6) is 11.5 Å². The second-order valence-electron chi connectivity index (χ2n) is 4.35. The lowest BCUT2D eigenvalue weighted by molar-refractivity contribution is -0.140. The van der Waals surface area contributed by atoms with Gasteiger partial charge >= 0.3 is 5.97 Å². The molecular weight excluding hydrogens is 288 g/mol. The van der Waals surface area contributed by atoms with Crippen molar-refractivity contribution in [3.05, 3.63) is 23.8 Å². The van der Waals surface area contributed by atoms with Crippen molar-refractivity contribution in [2.75, 3.05) is 13.2 Å². The zero-order valence-electron chi connectivity index (χ0n) is 10.8. The monoisotopic (exact) mass is 301 g/mol. The van der Waals surface area contributed by atoms with E-state index < -0.39 is 30.8 Å². The number of rotatable bonds is 5. The molecule has 0 fully saturated rings. The van der Waals surface area contributed by atoms with Gasteiger partial charge in [0.05, 0.1) is 0 Å². The van der Waals surface area contributed by atoms with E-state index in [1.807, 2.05) is 0 Å². The molecule has 0 aromatic heterocycles. The normalized spacial score (nSPS) is 14.6. The van der Waals surface area contributed by atoms with Gasteiger partial charge in [0, 0.05) is 12.0 Å². The first-order valence-corrected chi connectivity index (χ1v) is 6.19. The van der Waals surface area contributed by atoms with Crippen molar-refractivity contribution in [1.29, 1.82) is 0 Å². The quantitative estimate of drug-likeness (QED) is 0.856. The number of amides is 1. The number of carboxylic acids is 1. The Morgan fingerprint density at radius 3 is 2.52 bits per heavy atom. The molecule has 2 N–H and O–H groups in total. The van der Waals surface area contributed by atoms with Gasteiger partial charge in [0.15, 0.2) is 11.5 Å². The molecule has 1 aromatic rings. The van der Waals surface area contributed by atoms with Crippen LogP contribution in [0.1, 0.15) is 16.8 Å². The summed E-state index contributed by atoms with van der Waals surface area (Å²) in [6, 6.07) is 2.65. The topological polar surface area (TPSA) is 84.9 Å². The number of nitrogens with one attached hydrogen (secondary N) is 1. The minimum Gasteiger partial charge on any atom is -0.486 e. The highest BCUT2D eigenvalue weighted by Gasteiger charge is 2.25. The van der Waals surface area contributed by atoms with Gasteiger partial charge in [0.2, 0.25) is 6.43 Å². The van der Waals surface area contributed by atoms with Crippen LogP contribution >= 0.6 is 0 Å². The Bertz CT molecular complexity index is 549. The summed E-state index contributed by atoms with van der Waals surface area (Å²) in [5, 5.41) is 10.9. The summed E-state index contributed by atoms with van der Waals surface area (Å²) in [5.74, 6) is -1.45.